The Bertz CT molecular complexity index is 566. The molecule has 0 bridgehead atoms. The van der Waals surface area contributed by atoms with E-state index >= 15 is 0 Å². The second kappa shape index (κ2) is 5.90. The van der Waals surface area contributed by atoms with Crippen LogP contribution in [0.3, 0.4) is 0 Å². The first-order chi connectivity index (χ1) is 9.24. The van der Waals surface area contributed by atoms with Gasteiger partial charge in [0.25, 0.3) is 0 Å². The molecule has 1 heterocycles. The van der Waals surface area contributed by atoms with Gasteiger partial charge < -0.3 is 24.9 Å². The van der Waals surface area contributed by atoms with Crippen LogP contribution in [0.25, 0.3) is 11.0 Å². The minimum atomic E-state index is 0.0530. The maximum absolute atomic E-state index is 9.18. The molecule has 1 aromatic carbocycles. The highest BCUT2D eigenvalue weighted by molar-refractivity contribution is 5.80. The molecular formula is C13H19N3O3. The van der Waals surface area contributed by atoms with Gasteiger partial charge in [0.1, 0.15) is 5.82 Å². The van der Waals surface area contributed by atoms with Crippen molar-refractivity contribution in [2.45, 2.75) is 13.0 Å². The van der Waals surface area contributed by atoms with Crippen molar-refractivity contribution in [3.05, 3.63) is 18.0 Å². The van der Waals surface area contributed by atoms with Gasteiger partial charge >= 0.3 is 0 Å². The number of aliphatic hydroxyl groups is 1. The molecular weight excluding hydrogens is 246 g/mol. The van der Waals surface area contributed by atoms with Gasteiger partial charge in [0.05, 0.1) is 31.9 Å². The van der Waals surface area contributed by atoms with Gasteiger partial charge in [0.2, 0.25) is 0 Å². The Morgan fingerprint density at radius 3 is 2.53 bits per heavy atom. The lowest BCUT2D eigenvalue weighted by atomic mass is 10.2. The fourth-order valence-corrected chi connectivity index (χ4v) is 2.17. The van der Waals surface area contributed by atoms with Crippen molar-refractivity contribution in [1.29, 1.82) is 0 Å². The number of imidazole rings is 1. The van der Waals surface area contributed by atoms with Crippen molar-refractivity contribution in [2.75, 3.05) is 27.4 Å². The van der Waals surface area contributed by atoms with E-state index in [4.69, 9.17) is 15.2 Å². The Hall–Kier alpha value is -1.79. The number of hydrogen-bond donors (Lipinski definition) is 2. The molecule has 0 spiro atoms. The number of ether oxygens (including phenoxy) is 2. The average Bonchev–Trinajstić information content (AvgIpc) is 2.75. The van der Waals surface area contributed by atoms with Crippen LogP contribution in [0.2, 0.25) is 0 Å². The molecule has 0 aliphatic heterocycles. The van der Waals surface area contributed by atoms with Crippen molar-refractivity contribution in [2.24, 2.45) is 5.73 Å². The zero-order valence-electron chi connectivity index (χ0n) is 11.2. The monoisotopic (exact) mass is 265 g/mol. The first kappa shape index (κ1) is 13.6. The lowest BCUT2D eigenvalue weighted by molar-refractivity contribution is 0.276. The maximum Gasteiger partial charge on any atom is 0.163 e. The van der Waals surface area contributed by atoms with Gasteiger partial charge in [0.15, 0.2) is 11.5 Å². The van der Waals surface area contributed by atoms with Crippen LogP contribution < -0.4 is 15.2 Å². The Balaban J connectivity index is 2.62. The van der Waals surface area contributed by atoms with Crippen LogP contribution in [0.1, 0.15) is 5.82 Å². The molecule has 2 rings (SSSR count). The summed E-state index contributed by atoms with van der Waals surface area (Å²) < 4.78 is 12.5. The van der Waals surface area contributed by atoms with Crippen LogP contribution in [0.4, 0.5) is 0 Å². The zero-order valence-corrected chi connectivity index (χ0v) is 11.2. The molecule has 0 aliphatic rings. The molecule has 6 heteroatoms. The highest BCUT2D eigenvalue weighted by atomic mass is 16.5. The minimum absolute atomic E-state index is 0.0530. The molecule has 2 aromatic rings. The van der Waals surface area contributed by atoms with E-state index in [0.717, 1.165) is 16.9 Å². The highest BCUT2D eigenvalue weighted by Gasteiger charge is 2.14. The number of rotatable bonds is 6. The third kappa shape index (κ3) is 2.50. The standard InChI is InChI=1S/C13H19N3O3/c1-18-11-7-9-10(8-12(11)19-2)16(5-6-17)13(15-9)3-4-14/h7-8,17H,3-6,14H2,1-2H3. The van der Waals surface area contributed by atoms with E-state index in [2.05, 4.69) is 4.98 Å². The Morgan fingerprint density at radius 2 is 1.95 bits per heavy atom. The van der Waals surface area contributed by atoms with Gasteiger partial charge in [0, 0.05) is 25.1 Å². The summed E-state index contributed by atoms with van der Waals surface area (Å²) >= 11 is 0. The lowest BCUT2D eigenvalue weighted by Crippen LogP contribution is -2.11. The molecule has 0 unspecified atom stereocenters. The number of fused-ring (bicyclic) bond motifs is 1. The maximum atomic E-state index is 9.18. The predicted molar refractivity (Wildman–Crippen MR) is 72.7 cm³/mol. The van der Waals surface area contributed by atoms with E-state index in [-0.39, 0.29) is 6.61 Å². The van der Waals surface area contributed by atoms with E-state index in [1.165, 1.54) is 0 Å². The highest BCUT2D eigenvalue weighted by Crippen LogP contribution is 2.32. The molecule has 1 aromatic heterocycles. The summed E-state index contributed by atoms with van der Waals surface area (Å²) in [7, 11) is 3.19. The van der Waals surface area contributed by atoms with Gasteiger partial charge in [-0.2, -0.15) is 0 Å². The van der Waals surface area contributed by atoms with Gasteiger partial charge in [-0.25, -0.2) is 4.98 Å². The summed E-state index contributed by atoms with van der Waals surface area (Å²) in [4.78, 5) is 4.54. The molecule has 0 atom stereocenters. The van der Waals surface area contributed by atoms with E-state index in [1.807, 2.05) is 16.7 Å². The predicted octanol–water partition coefficient (Wildman–Crippen LogP) is 0.547. The number of nitrogens with zero attached hydrogens (tertiary/aromatic N) is 2. The second-order valence-electron chi connectivity index (χ2n) is 4.14. The van der Waals surface area contributed by atoms with Crippen molar-refractivity contribution >= 4 is 11.0 Å². The lowest BCUT2D eigenvalue weighted by Gasteiger charge is -2.09. The molecule has 6 nitrogen and oxygen atoms in total. The van der Waals surface area contributed by atoms with E-state index < -0.39 is 0 Å². The average molecular weight is 265 g/mol. The largest absolute Gasteiger partial charge is 0.493 e. The molecule has 104 valence electrons. The summed E-state index contributed by atoms with van der Waals surface area (Å²) in [6.45, 7) is 1.06. The van der Waals surface area contributed by atoms with Gasteiger partial charge in [-0.1, -0.05) is 0 Å². The van der Waals surface area contributed by atoms with Crippen molar-refractivity contribution in [3.8, 4) is 11.5 Å². The Morgan fingerprint density at radius 1 is 1.26 bits per heavy atom. The van der Waals surface area contributed by atoms with Crippen LogP contribution in [0.5, 0.6) is 11.5 Å². The molecule has 0 aliphatic carbocycles. The molecule has 19 heavy (non-hydrogen) atoms. The number of methoxy groups -OCH3 is 2. The number of hydrogen-bond acceptors (Lipinski definition) is 5. The Kier molecular flexibility index (Phi) is 4.24. The van der Waals surface area contributed by atoms with Crippen LogP contribution in [0, 0.1) is 0 Å². The molecule has 0 saturated heterocycles. The summed E-state index contributed by atoms with van der Waals surface area (Å²) in [6, 6.07) is 3.71. The van der Waals surface area contributed by atoms with Crippen LogP contribution in [-0.2, 0) is 13.0 Å². The third-order valence-corrected chi connectivity index (χ3v) is 3.02. The zero-order chi connectivity index (χ0) is 13.8. The van der Waals surface area contributed by atoms with E-state index in [9.17, 15) is 5.11 Å². The summed E-state index contributed by atoms with van der Waals surface area (Å²) in [5, 5.41) is 9.18. The summed E-state index contributed by atoms with van der Waals surface area (Å²) in [6.07, 6.45) is 0.666. The fourth-order valence-electron chi connectivity index (χ4n) is 2.17. The first-order valence-electron chi connectivity index (χ1n) is 6.17. The first-order valence-corrected chi connectivity index (χ1v) is 6.17. The summed E-state index contributed by atoms with van der Waals surface area (Å²) in [5.74, 6) is 2.15. The van der Waals surface area contributed by atoms with Crippen molar-refractivity contribution < 1.29 is 14.6 Å². The van der Waals surface area contributed by atoms with E-state index in [1.54, 1.807) is 14.2 Å². The number of aliphatic hydroxyl groups excluding tert-OH is 1. The summed E-state index contributed by atoms with van der Waals surface area (Å²) in [5.41, 5.74) is 7.32. The van der Waals surface area contributed by atoms with E-state index in [0.29, 0.717) is 31.0 Å². The SMILES string of the molecule is COc1cc2nc(CCN)n(CCO)c2cc1OC. The smallest absolute Gasteiger partial charge is 0.163 e. The number of nitrogens with two attached hydrogens (primary N) is 1. The number of benzene rings is 1. The van der Waals surface area contributed by atoms with Gasteiger partial charge in [-0.3, -0.25) is 0 Å². The van der Waals surface area contributed by atoms with Crippen LogP contribution in [0.15, 0.2) is 12.1 Å². The van der Waals surface area contributed by atoms with Gasteiger partial charge in [-0.05, 0) is 6.54 Å². The molecule has 0 amide bonds. The topological polar surface area (TPSA) is 82.5 Å². The van der Waals surface area contributed by atoms with Crippen LogP contribution >= 0.6 is 0 Å². The quantitative estimate of drug-likeness (QED) is 0.797. The van der Waals surface area contributed by atoms with Crippen molar-refractivity contribution in [1.82, 2.24) is 9.55 Å². The molecule has 0 radical (unpaired) electrons. The van der Waals surface area contributed by atoms with Crippen LogP contribution in [-0.4, -0.2) is 42.0 Å². The fraction of sp³-hybridized carbons (Fsp3) is 0.462. The normalized spacial score (nSPS) is 10.9. The van der Waals surface area contributed by atoms with Crippen molar-refractivity contribution in [3.63, 3.8) is 0 Å². The third-order valence-electron chi connectivity index (χ3n) is 3.02. The second-order valence-corrected chi connectivity index (χ2v) is 4.14. The molecule has 0 fully saturated rings. The minimum Gasteiger partial charge on any atom is -0.493 e. The van der Waals surface area contributed by atoms with Gasteiger partial charge in [-0.15, -0.1) is 0 Å². The number of aromatic nitrogens is 2. The molecule has 0 saturated carbocycles. The Labute approximate surface area is 111 Å². The molecule has 3 N–H and O–H groups in total.